The normalized spacial score (nSPS) is 21.9. The molecule has 2 fully saturated rings. The maximum atomic E-state index is 4.46. The van der Waals surface area contributed by atoms with Crippen molar-refractivity contribution in [3.63, 3.8) is 0 Å². The molecule has 0 saturated heterocycles. The first-order chi connectivity index (χ1) is 7.42. The van der Waals surface area contributed by atoms with Crippen LogP contribution >= 0.6 is 0 Å². The van der Waals surface area contributed by atoms with Crippen LogP contribution in [0.5, 0.6) is 0 Å². The van der Waals surface area contributed by atoms with Gasteiger partial charge in [-0.1, -0.05) is 12.8 Å². The second-order valence-corrected chi connectivity index (χ2v) is 4.73. The fraction of sp³-hybridized carbons (Fsp3) is 0.667. The molecule has 0 aliphatic heterocycles. The highest BCUT2D eigenvalue weighted by Crippen LogP contribution is 2.38. The van der Waals surface area contributed by atoms with Crippen LogP contribution in [0.2, 0.25) is 0 Å². The molecule has 3 nitrogen and oxygen atoms in total. The summed E-state index contributed by atoms with van der Waals surface area (Å²) >= 11 is 0. The third-order valence-electron chi connectivity index (χ3n) is 3.37. The Kier molecular flexibility index (Phi) is 2.31. The van der Waals surface area contributed by atoms with Crippen molar-refractivity contribution in [2.75, 3.05) is 5.32 Å². The van der Waals surface area contributed by atoms with E-state index in [1.807, 2.05) is 12.4 Å². The van der Waals surface area contributed by atoms with Gasteiger partial charge in [0.25, 0.3) is 0 Å². The molecule has 0 unspecified atom stereocenters. The van der Waals surface area contributed by atoms with Crippen LogP contribution in [0, 0.1) is 0 Å². The van der Waals surface area contributed by atoms with Gasteiger partial charge in [0.15, 0.2) is 0 Å². The van der Waals surface area contributed by atoms with E-state index in [0.717, 1.165) is 5.82 Å². The molecule has 2 saturated carbocycles. The van der Waals surface area contributed by atoms with Gasteiger partial charge in [-0.25, -0.2) is 4.98 Å². The van der Waals surface area contributed by atoms with Crippen molar-refractivity contribution in [2.24, 2.45) is 0 Å². The van der Waals surface area contributed by atoms with Crippen LogP contribution in [0.1, 0.15) is 50.1 Å². The molecule has 0 aromatic carbocycles. The quantitative estimate of drug-likeness (QED) is 0.820. The molecule has 2 aliphatic carbocycles. The molecule has 0 bridgehead atoms. The highest BCUT2D eigenvalue weighted by atomic mass is 15.0. The molecule has 0 atom stereocenters. The number of rotatable bonds is 3. The van der Waals surface area contributed by atoms with E-state index in [-0.39, 0.29) is 0 Å². The van der Waals surface area contributed by atoms with Crippen molar-refractivity contribution < 1.29 is 0 Å². The topological polar surface area (TPSA) is 37.8 Å². The van der Waals surface area contributed by atoms with Gasteiger partial charge in [0.05, 0.1) is 18.1 Å². The third-order valence-corrected chi connectivity index (χ3v) is 3.37. The molecule has 1 heterocycles. The van der Waals surface area contributed by atoms with Gasteiger partial charge < -0.3 is 5.32 Å². The standard InChI is InChI=1S/C12H17N3/c1-2-4-10(3-1)15-12-8-13-11(7-14-12)9-5-6-9/h7-10H,1-6H2,(H,14,15). The average Bonchev–Trinajstić information content (AvgIpc) is 2.99. The smallest absolute Gasteiger partial charge is 0.144 e. The van der Waals surface area contributed by atoms with Crippen molar-refractivity contribution in [1.82, 2.24) is 9.97 Å². The zero-order valence-electron chi connectivity index (χ0n) is 8.95. The Labute approximate surface area is 90.3 Å². The van der Waals surface area contributed by atoms with Gasteiger partial charge in [-0.05, 0) is 25.7 Å². The van der Waals surface area contributed by atoms with E-state index in [9.17, 15) is 0 Å². The molecule has 0 amide bonds. The minimum atomic E-state index is 0.631. The number of hydrogen-bond donors (Lipinski definition) is 1. The van der Waals surface area contributed by atoms with Gasteiger partial charge in [-0.2, -0.15) is 0 Å². The summed E-state index contributed by atoms with van der Waals surface area (Å²) in [7, 11) is 0. The molecule has 80 valence electrons. The Hall–Kier alpha value is -1.12. The van der Waals surface area contributed by atoms with Gasteiger partial charge in [-0.3, -0.25) is 4.98 Å². The summed E-state index contributed by atoms with van der Waals surface area (Å²) in [6, 6.07) is 0.631. The zero-order chi connectivity index (χ0) is 10.1. The number of hydrogen-bond acceptors (Lipinski definition) is 3. The minimum Gasteiger partial charge on any atom is -0.366 e. The predicted octanol–water partition coefficient (Wildman–Crippen LogP) is 2.71. The molecule has 3 heteroatoms. The maximum Gasteiger partial charge on any atom is 0.144 e. The lowest BCUT2D eigenvalue weighted by atomic mass is 10.2. The van der Waals surface area contributed by atoms with Gasteiger partial charge in [0.1, 0.15) is 5.82 Å². The third kappa shape index (κ3) is 2.11. The summed E-state index contributed by atoms with van der Waals surface area (Å²) in [5.41, 5.74) is 1.17. The number of anilines is 1. The Morgan fingerprint density at radius 3 is 2.40 bits per heavy atom. The van der Waals surface area contributed by atoms with Crippen molar-refractivity contribution in [1.29, 1.82) is 0 Å². The molecule has 1 N–H and O–H groups in total. The highest BCUT2D eigenvalue weighted by molar-refractivity contribution is 5.33. The fourth-order valence-electron chi connectivity index (χ4n) is 2.28. The van der Waals surface area contributed by atoms with Gasteiger partial charge in [-0.15, -0.1) is 0 Å². The van der Waals surface area contributed by atoms with Crippen molar-refractivity contribution in [3.8, 4) is 0 Å². The highest BCUT2D eigenvalue weighted by Gasteiger charge is 2.25. The fourth-order valence-corrected chi connectivity index (χ4v) is 2.28. The summed E-state index contributed by atoms with van der Waals surface area (Å²) < 4.78 is 0. The summed E-state index contributed by atoms with van der Waals surface area (Å²) in [5, 5.41) is 3.45. The minimum absolute atomic E-state index is 0.631. The van der Waals surface area contributed by atoms with Crippen LogP contribution in [0.4, 0.5) is 5.82 Å². The van der Waals surface area contributed by atoms with Crippen LogP contribution in [0.15, 0.2) is 12.4 Å². The SMILES string of the molecule is c1nc(C2CC2)cnc1NC1CCCC1. The molecule has 3 rings (SSSR count). The summed E-state index contributed by atoms with van der Waals surface area (Å²) in [4.78, 5) is 8.89. The second kappa shape index (κ2) is 3.80. The van der Waals surface area contributed by atoms with Crippen molar-refractivity contribution in [3.05, 3.63) is 18.1 Å². The van der Waals surface area contributed by atoms with Crippen LogP contribution in [-0.4, -0.2) is 16.0 Å². The largest absolute Gasteiger partial charge is 0.366 e. The van der Waals surface area contributed by atoms with E-state index in [4.69, 9.17) is 0 Å². The molecule has 0 radical (unpaired) electrons. The summed E-state index contributed by atoms with van der Waals surface area (Å²) in [5.74, 6) is 1.66. The molecular formula is C12H17N3. The maximum absolute atomic E-state index is 4.46. The second-order valence-electron chi connectivity index (χ2n) is 4.73. The van der Waals surface area contributed by atoms with E-state index in [0.29, 0.717) is 12.0 Å². The van der Waals surface area contributed by atoms with Gasteiger partial charge in [0.2, 0.25) is 0 Å². The summed E-state index contributed by atoms with van der Waals surface area (Å²) in [6.07, 6.45) is 11.7. The van der Waals surface area contributed by atoms with Crippen molar-refractivity contribution in [2.45, 2.75) is 50.5 Å². The van der Waals surface area contributed by atoms with E-state index in [2.05, 4.69) is 15.3 Å². The van der Waals surface area contributed by atoms with Crippen LogP contribution in [0.25, 0.3) is 0 Å². The van der Waals surface area contributed by atoms with Gasteiger partial charge >= 0.3 is 0 Å². The molecule has 2 aliphatic rings. The van der Waals surface area contributed by atoms with Crippen LogP contribution < -0.4 is 5.32 Å². The average molecular weight is 203 g/mol. The molecule has 1 aromatic heterocycles. The Morgan fingerprint density at radius 1 is 1.00 bits per heavy atom. The number of aromatic nitrogens is 2. The molecule has 15 heavy (non-hydrogen) atoms. The van der Waals surface area contributed by atoms with E-state index in [1.165, 1.54) is 44.2 Å². The lowest BCUT2D eigenvalue weighted by molar-refractivity contribution is 0.748. The van der Waals surface area contributed by atoms with Crippen LogP contribution in [0.3, 0.4) is 0 Å². The monoisotopic (exact) mass is 203 g/mol. The molecule has 0 spiro atoms. The van der Waals surface area contributed by atoms with E-state index < -0.39 is 0 Å². The Balaban J connectivity index is 1.64. The number of nitrogens with zero attached hydrogens (tertiary/aromatic N) is 2. The zero-order valence-corrected chi connectivity index (χ0v) is 8.95. The Bertz CT molecular complexity index is 323. The van der Waals surface area contributed by atoms with Gasteiger partial charge in [0, 0.05) is 12.0 Å². The van der Waals surface area contributed by atoms with E-state index >= 15 is 0 Å². The first kappa shape index (κ1) is 9.13. The molecule has 1 aromatic rings. The molecular weight excluding hydrogens is 186 g/mol. The van der Waals surface area contributed by atoms with Crippen molar-refractivity contribution >= 4 is 5.82 Å². The lowest BCUT2D eigenvalue weighted by Crippen LogP contribution is -2.15. The van der Waals surface area contributed by atoms with E-state index in [1.54, 1.807) is 0 Å². The Morgan fingerprint density at radius 2 is 1.80 bits per heavy atom. The first-order valence-electron chi connectivity index (χ1n) is 6.00. The summed E-state index contributed by atoms with van der Waals surface area (Å²) in [6.45, 7) is 0. The lowest BCUT2D eigenvalue weighted by Gasteiger charge is -2.11. The number of nitrogens with one attached hydrogen (secondary N) is 1. The predicted molar refractivity (Wildman–Crippen MR) is 59.9 cm³/mol. The first-order valence-corrected chi connectivity index (χ1v) is 6.00. The van der Waals surface area contributed by atoms with Crippen LogP contribution in [-0.2, 0) is 0 Å².